The van der Waals surface area contributed by atoms with E-state index in [-0.39, 0.29) is 18.5 Å². The molecule has 0 fully saturated rings. The van der Waals surface area contributed by atoms with Gasteiger partial charge in [0.2, 0.25) is 0 Å². The highest BCUT2D eigenvalue weighted by atomic mass is 19.4. The van der Waals surface area contributed by atoms with Crippen LogP contribution in [0.2, 0.25) is 0 Å². The third-order valence-corrected chi connectivity index (χ3v) is 2.60. The molecular weight excluding hydrogens is 314 g/mol. The Bertz CT molecular complexity index is 574. The van der Waals surface area contributed by atoms with Gasteiger partial charge in [-0.25, -0.2) is 9.18 Å². The molecule has 0 saturated heterocycles. The Labute approximate surface area is 132 Å². The van der Waals surface area contributed by atoms with Gasteiger partial charge >= 0.3 is 12.3 Å². The van der Waals surface area contributed by atoms with Gasteiger partial charge in [-0.1, -0.05) is 12.2 Å². The van der Waals surface area contributed by atoms with Gasteiger partial charge < -0.3 is 10.1 Å². The van der Waals surface area contributed by atoms with Crippen molar-refractivity contribution in [2.24, 2.45) is 0 Å². The average molecular weight is 333 g/mol. The number of hydrogen-bond acceptors (Lipinski definition) is 2. The van der Waals surface area contributed by atoms with E-state index < -0.39 is 29.3 Å². The topological polar surface area (TPSA) is 38.3 Å². The lowest BCUT2D eigenvalue weighted by atomic mass is 10.1. The van der Waals surface area contributed by atoms with Gasteiger partial charge in [-0.3, -0.25) is 0 Å². The average Bonchev–Trinajstić information content (AvgIpc) is 2.34. The van der Waals surface area contributed by atoms with Gasteiger partial charge in [0.15, 0.2) is 0 Å². The van der Waals surface area contributed by atoms with Gasteiger partial charge in [-0.2, -0.15) is 13.2 Å². The van der Waals surface area contributed by atoms with E-state index in [2.05, 4.69) is 5.32 Å². The lowest BCUT2D eigenvalue weighted by Crippen LogP contribution is -2.32. The van der Waals surface area contributed by atoms with E-state index in [1.54, 1.807) is 20.8 Å². The SMILES string of the molecule is CC(C)(C)OC(=O)NCCC=Cc1cc(F)ccc1C(F)(F)F. The van der Waals surface area contributed by atoms with E-state index in [4.69, 9.17) is 4.74 Å². The Morgan fingerprint density at radius 2 is 1.91 bits per heavy atom. The van der Waals surface area contributed by atoms with Crippen LogP contribution >= 0.6 is 0 Å². The summed E-state index contributed by atoms with van der Waals surface area (Å²) in [5.41, 5.74) is -1.78. The largest absolute Gasteiger partial charge is 0.444 e. The van der Waals surface area contributed by atoms with Crippen molar-refractivity contribution in [3.05, 3.63) is 41.2 Å². The first kappa shape index (κ1) is 19.0. The van der Waals surface area contributed by atoms with Crippen LogP contribution < -0.4 is 5.32 Å². The summed E-state index contributed by atoms with van der Waals surface area (Å²) in [6.07, 6.45) is -2.26. The van der Waals surface area contributed by atoms with Crippen LogP contribution in [-0.2, 0) is 10.9 Å². The Balaban J connectivity index is 2.59. The number of alkyl carbamates (subject to hydrolysis) is 1. The van der Waals surface area contributed by atoms with Gasteiger partial charge in [-0.15, -0.1) is 0 Å². The Morgan fingerprint density at radius 1 is 1.26 bits per heavy atom. The maximum Gasteiger partial charge on any atom is 0.416 e. The normalized spacial score (nSPS) is 12.5. The second-order valence-electron chi connectivity index (χ2n) is 5.85. The van der Waals surface area contributed by atoms with E-state index in [0.29, 0.717) is 6.07 Å². The molecule has 0 unspecified atom stereocenters. The number of nitrogens with one attached hydrogen (secondary N) is 1. The van der Waals surface area contributed by atoms with Gasteiger partial charge in [-0.05, 0) is 51.0 Å². The lowest BCUT2D eigenvalue weighted by molar-refractivity contribution is -0.137. The zero-order chi connectivity index (χ0) is 17.7. The minimum atomic E-state index is -4.55. The zero-order valence-electron chi connectivity index (χ0n) is 13.1. The molecule has 0 saturated carbocycles. The van der Waals surface area contributed by atoms with Gasteiger partial charge in [0, 0.05) is 6.54 Å². The summed E-state index contributed by atoms with van der Waals surface area (Å²) in [6.45, 7) is 5.35. The monoisotopic (exact) mass is 333 g/mol. The van der Waals surface area contributed by atoms with Crippen LogP contribution in [0.4, 0.5) is 22.4 Å². The summed E-state index contributed by atoms with van der Waals surface area (Å²) in [5.74, 6) is -0.746. The Hall–Kier alpha value is -2.05. The summed E-state index contributed by atoms with van der Waals surface area (Å²) in [7, 11) is 0. The standard InChI is InChI=1S/C16H19F4NO2/c1-15(2,3)23-14(22)21-9-5-4-6-11-10-12(17)7-8-13(11)16(18,19)20/h4,6-8,10H,5,9H2,1-3H3,(H,21,22). The predicted octanol–water partition coefficient (Wildman–Crippen LogP) is 4.77. The second-order valence-corrected chi connectivity index (χ2v) is 5.85. The summed E-state index contributed by atoms with van der Waals surface area (Å²) in [6, 6.07) is 2.29. The van der Waals surface area contributed by atoms with E-state index in [1.807, 2.05) is 0 Å². The van der Waals surface area contributed by atoms with Crippen molar-refractivity contribution in [1.82, 2.24) is 5.32 Å². The van der Waals surface area contributed by atoms with Crippen molar-refractivity contribution in [1.29, 1.82) is 0 Å². The van der Waals surface area contributed by atoms with Gasteiger partial charge in [0.25, 0.3) is 0 Å². The maximum absolute atomic E-state index is 13.1. The molecule has 128 valence electrons. The zero-order valence-corrected chi connectivity index (χ0v) is 13.1. The van der Waals surface area contributed by atoms with E-state index in [1.165, 1.54) is 12.2 Å². The molecule has 3 nitrogen and oxygen atoms in total. The number of amides is 1. The smallest absolute Gasteiger partial charge is 0.416 e. The molecule has 1 aromatic carbocycles. The maximum atomic E-state index is 13.1. The number of halogens is 4. The first-order valence-electron chi connectivity index (χ1n) is 6.99. The molecule has 0 spiro atoms. The van der Waals surface area contributed by atoms with Crippen molar-refractivity contribution >= 4 is 12.2 Å². The van der Waals surface area contributed by atoms with Crippen molar-refractivity contribution < 1.29 is 27.1 Å². The third kappa shape index (κ3) is 7.17. The summed E-state index contributed by atoms with van der Waals surface area (Å²) < 4.78 is 56.5. The van der Waals surface area contributed by atoms with Crippen LogP contribution in [-0.4, -0.2) is 18.2 Å². The second kappa shape index (κ2) is 7.48. The van der Waals surface area contributed by atoms with Crippen LogP contribution in [0, 0.1) is 5.82 Å². The Morgan fingerprint density at radius 3 is 2.48 bits per heavy atom. The van der Waals surface area contributed by atoms with Crippen LogP contribution in [0.25, 0.3) is 6.08 Å². The van der Waals surface area contributed by atoms with E-state index in [9.17, 15) is 22.4 Å². The van der Waals surface area contributed by atoms with Crippen LogP contribution in [0.3, 0.4) is 0 Å². The van der Waals surface area contributed by atoms with Crippen molar-refractivity contribution in [3.8, 4) is 0 Å². The molecule has 1 rings (SSSR count). The highest BCUT2D eigenvalue weighted by molar-refractivity contribution is 5.67. The molecule has 1 amide bonds. The fourth-order valence-electron chi connectivity index (χ4n) is 1.71. The quantitative estimate of drug-likeness (QED) is 0.636. The summed E-state index contributed by atoms with van der Waals surface area (Å²) >= 11 is 0. The van der Waals surface area contributed by atoms with Crippen molar-refractivity contribution in [2.75, 3.05) is 6.54 Å². The molecule has 0 heterocycles. The number of rotatable bonds is 4. The van der Waals surface area contributed by atoms with E-state index >= 15 is 0 Å². The molecule has 0 radical (unpaired) electrons. The number of hydrogen-bond donors (Lipinski definition) is 1. The molecule has 0 aliphatic carbocycles. The molecule has 7 heteroatoms. The minimum absolute atomic E-state index is 0.197. The molecule has 1 aromatic rings. The summed E-state index contributed by atoms with van der Waals surface area (Å²) in [5, 5.41) is 2.47. The minimum Gasteiger partial charge on any atom is -0.444 e. The van der Waals surface area contributed by atoms with E-state index in [0.717, 1.165) is 12.1 Å². The number of benzene rings is 1. The van der Waals surface area contributed by atoms with Crippen LogP contribution in [0.15, 0.2) is 24.3 Å². The van der Waals surface area contributed by atoms with Crippen molar-refractivity contribution in [3.63, 3.8) is 0 Å². The molecule has 0 aromatic heterocycles. The molecule has 0 bridgehead atoms. The fraction of sp³-hybridized carbons (Fsp3) is 0.438. The number of carbonyl (C=O) groups excluding carboxylic acids is 1. The third-order valence-electron chi connectivity index (χ3n) is 2.60. The molecule has 0 aliphatic rings. The number of carbonyl (C=O) groups is 1. The van der Waals surface area contributed by atoms with Crippen LogP contribution in [0.5, 0.6) is 0 Å². The molecular formula is C16H19F4NO2. The Kier molecular flexibility index (Phi) is 6.18. The number of ether oxygens (including phenoxy) is 1. The lowest BCUT2D eigenvalue weighted by Gasteiger charge is -2.19. The predicted molar refractivity (Wildman–Crippen MR) is 79.3 cm³/mol. The molecule has 23 heavy (non-hydrogen) atoms. The number of alkyl halides is 3. The molecule has 0 atom stereocenters. The summed E-state index contributed by atoms with van der Waals surface area (Å²) in [4.78, 5) is 11.4. The highest BCUT2D eigenvalue weighted by Crippen LogP contribution is 2.32. The molecule has 1 N–H and O–H groups in total. The van der Waals surface area contributed by atoms with Crippen LogP contribution in [0.1, 0.15) is 38.3 Å². The first-order chi connectivity index (χ1) is 10.5. The van der Waals surface area contributed by atoms with Crippen molar-refractivity contribution in [2.45, 2.75) is 39.0 Å². The first-order valence-corrected chi connectivity index (χ1v) is 6.99. The molecule has 0 aliphatic heterocycles. The van der Waals surface area contributed by atoms with Gasteiger partial charge in [0.05, 0.1) is 5.56 Å². The highest BCUT2D eigenvalue weighted by Gasteiger charge is 2.32. The van der Waals surface area contributed by atoms with Gasteiger partial charge in [0.1, 0.15) is 11.4 Å². The fourth-order valence-corrected chi connectivity index (χ4v) is 1.71.